The number of hydrogen-bond acceptors (Lipinski definition) is 4. The Morgan fingerprint density at radius 1 is 1.11 bits per heavy atom. The average Bonchev–Trinajstić information content (AvgIpc) is 3.02. The molecule has 0 aliphatic rings. The quantitative estimate of drug-likeness (QED) is 0.663. The second-order valence-corrected chi connectivity index (χ2v) is 6.74. The molecule has 27 heavy (non-hydrogen) atoms. The van der Waals surface area contributed by atoms with E-state index in [0.29, 0.717) is 29.8 Å². The third-order valence-corrected chi connectivity index (χ3v) is 4.17. The number of imidazole rings is 1. The van der Waals surface area contributed by atoms with Gasteiger partial charge in [0.1, 0.15) is 19.0 Å². The molecule has 0 saturated heterocycles. The Labute approximate surface area is 159 Å². The van der Waals surface area contributed by atoms with Crippen molar-refractivity contribution in [1.82, 2.24) is 14.9 Å². The van der Waals surface area contributed by atoms with Gasteiger partial charge < -0.3 is 19.4 Å². The summed E-state index contributed by atoms with van der Waals surface area (Å²) < 4.78 is 13.2. The zero-order valence-electron chi connectivity index (χ0n) is 15.9. The van der Waals surface area contributed by atoms with E-state index in [-0.39, 0.29) is 19.1 Å². The lowest BCUT2D eigenvalue weighted by Gasteiger charge is -2.13. The molecular formula is C21H25N3O3. The summed E-state index contributed by atoms with van der Waals surface area (Å²) in [5, 5.41) is 2.96. The lowest BCUT2D eigenvalue weighted by Crippen LogP contribution is -2.31. The fraction of sp³-hybridized carbons (Fsp3) is 0.333. The summed E-state index contributed by atoms with van der Waals surface area (Å²) in [6.45, 7) is 5.24. The first kappa shape index (κ1) is 18.8. The second kappa shape index (κ2) is 8.58. The molecule has 6 heteroatoms. The van der Waals surface area contributed by atoms with Crippen LogP contribution >= 0.6 is 0 Å². The number of nitrogens with one attached hydrogen (secondary N) is 1. The van der Waals surface area contributed by atoms with Crippen LogP contribution in [0.2, 0.25) is 0 Å². The Morgan fingerprint density at radius 3 is 2.56 bits per heavy atom. The number of carbonyl (C=O) groups is 1. The number of rotatable bonds is 8. The van der Waals surface area contributed by atoms with Crippen LogP contribution in [0, 0.1) is 5.92 Å². The van der Waals surface area contributed by atoms with Gasteiger partial charge in [0, 0.05) is 6.54 Å². The van der Waals surface area contributed by atoms with Crippen molar-refractivity contribution in [3.05, 3.63) is 54.4 Å². The summed E-state index contributed by atoms with van der Waals surface area (Å²) in [6, 6.07) is 15.2. The van der Waals surface area contributed by atoms with E-state index in [2.05, 4.69) is 24.1 Å². The van der Waals surface area contributed by atoms with Gasteiger partial charge in [-0.25, -0.2) is 4.98 Å². The van der Waals surface area contributed by atoms with Gasteiger partial charge in [0.2, 0.25) is 5.91 Å². The molecule has 0 bridgehead atoms. The number of amides is 1. The molecule has 0 radical (unpaired) electrons. The van der Waals surface area contributed by atoms with Gasteiger partial charge in [0.25, 0.3) is 0 Å². The van der Waals surface area contributed by atoms with Crippen molar-refractivity contribution in [2.75, 3.05) is 13.7 Å². The molecule has 0 unspecified atom stereocenters. The Morgan fingerprint density at radius 2 is 1.81 bits per heavy atom. The summed E-state index contributed by atoms with van der Waals surface area (Å²) in [7, 11) is 1.61. The lowest BCUT2D eigenvalue weighted by atomic mass is 10.2. The van der Waals surface area contributed by atoms with Crippen LogP contribution < -0.4 is 14.8 Å². The molecule has 0 saturated carbocycles. The number of nitrogens with zero attached hydrogens (tertiary/aromatic N) is 2. The van der Waals surface area contributed by atoms with E-state index in [9.17, 15) is 4.79 Å². The highest BCUT2D eigenvalue weighted by atomic mass is 16.5. The third kappa shape index (κ3) is 4.58. The fourth-order valence-electron chi connectivity index (χ4n) is 2.81. The van der Waals surface area contributed by atoms with Crippen molar-refractivity contribution in [2.24, 2.45) is 5.92 Å². The molecule has 0 aliphatic heterocycles. The standard InChI is InChI=1S/C21H25N3O3/c1-15(2)12-22-21(25)13-24-17-9-5-4-8-16(17)23-20(24)14-27-19-11-7-6-10-18(19)26-3/h4-11,15H,12-14H2,1-3H3,(H,22,25). The molecule has 1 aromatic heterocycles. The summed E-state index contributed by atoms with van der Waals surface area (Å²) in [5.74, 6) is 2.37. The fourth-order valence-corrected chi connectivity index (χ4v) is 2.81. The maximum absolute atomic E-state index is 12.4. The van der Waals surface area contributed by atoms with Crippen molar-refractivity contribution in [3.63, 3.8) is 0 Å². The predicted octanol–water partition coefficient (Wildman–Crippen LogP) is 3.40. The van der Waals surface area contributed by atoms with E-state index < -0.39 is 0 Å². The molecule has 1 amide bonds. The largest absolute Gasteiger partial charge is 0.493 e. The number of ether oxygens (including phenoxy) is 2. The van der Waals surface area contributed by atoms with Gasteiger partial charge in [-0.15, -0.1) is 0 Å². The van der Waals surface area contributed by atoms with E-state index >= 15 is 0 Å². The summed E-state index contributed by atoms with van der Waals surface area (Å²) in [6.07, 6.45) is 0. The van der Waals surface area contributed by atoms with Gasteiger partial charge in [-0.05, 0) is 30.2 Å². The molecule has 1 heterocycles. The molecule has 1 N–H and O–H groups in total. The Kier molecular flexibility index (Phi) is 5.96. The summed E-state index contributed by atoms with van der Waals surface area (Å²) >= 11 is 0. The van der Waals surface area contributed by atoms with Crippen LogP contribution in [0.1, 0.15) is 19.7 Å². The maximum Gasteiger partial charge on any atom is 0.240 e. The molecule has 142 valence electrons. The first-order valence-electron chi connectivity index (χ1n) is 9.05. The number of para-hydroxylation sites is 4. The minimum absolute atomic E-state index is 0.0367. The second-order valence-electron chi connectivity index (χ2n) is 6.74. The number of hydrogen-bond donors (Lipinski definition) is 1. The maximum atomic E-state index is 12.4. The van der Waals surface area contributed by atoms with E-state index in [1.54, 1.807) is 7.11 Å². The minimum atomic E-state index is -0.0367. The van der Waals surface area contributed by atoms with Crippen LogP contribution in [-0.2, 0) is 17.9 Å². The zero-order valence-corrected chi connectivity index (χ0v) is 15.9. The molecule has 2 aromatic carbocycles. The van der Waals surface area contributed by atoms with Crippen molar-refractivity contribution in [3.8, 4) is 11.5 Å². The molecule has 3 rings (SSSR count). The van der Waals surface area contributed by atoms with Crippen molar-refractivity contribution in [2.45, 2.75) is 27.0 Å². The van der Waals surface area contributed by atoms with Crippen LogP contribution in [-0.4, -0.2) is 29.1 Å². The third-order valence-electron chi connectivity index (χ3n) is 4.17. The number of aromatic nitrogens is 2. The topological polar surface area (TPSA) is 65.4 Å². The van der Waals surface area contributed by atoms with Crippen LogP contribution in [0.5, 0.6) is 11.5 Å². The Bertz CT molecular complexity index is 918. The van der Waals surface area contributed by atoms with Gasteiger partial charge in [-0.3, -0.25) is 4.79 Å². The first-order valence-corrected chi connectivity index (χ1v) is 9.05. The molecule has 0 aliphatic carbocycles. The van der Waals surface area contributed by atoms with Crippen molar-refractivity contribution < 1.29 is 14.3 Å². The highest BCUT2D eigenvalue weighted by Gasteiger charge is 2.15. The first-order chi connectivity index (χ1) is 13.1. The predicted molar refractivity (Wildman–Crippen MR) is 105 cm³/mol. The van der Waals surface area contributed by atoms with Crippen LogP contribution in [0.15, 0.2) is 48.5 Å². The lowest BCUT2D eigenvalue weighted by molar-refractivity contribution is -0.121. The molecule has 0 atom stereocenters. The normalized spacial score (nSPS) is 11.0. The van der Waals surface area contributed by atoms with E-state index in [0.717, 1.165) is 11.0 Å². The summed E-state index contributed by atoms with van der Waals surface area (Å²) in [5.41, 5.74) is 1.75. The van der Waals surface area contributed by atoms with Gasteiger partial charge in [-0.2, -0.15) is 0 Å². The number of methoxy groups -OCH3 is 1. The van der Waals surface area contributed by atoms with E-state index in [1.807, 2.05) is 53.1 Å². The monoisotopic (exact) mass is 367 g/mol. The van der Waals surface area contributed by atoms with Gasteiger partial charge in [-0.1, -0.05) is 38.1 Å². The van der Waals surface area contributed by atoms with E-state index in [4.69, 9.17) is 9.47 Å². The molecule has 0 spiro atoms. The van der Waals surface area contributed by atoms with Gasteiger partial charge in [0.05, 0.1) is 18.1 Å². The Balaban J connectivity index is 1.82. The highest BCUT2D eigenvalue weighted by molar-refractivity contribution is 5.81. The SMILES string of the molecule is COc1ccccc1OCc1nc2ccccc2n1CC(=O)NCC(C)C. The number of benzene rings is 2. The molecular weight excluding hydrogens is 342 g/mol. The molecule has 3 aromatic rings. The van der Waals surface area contributed by atoms with Crippen LogP contribution in [0.4, 0.5) is 0 Å². The smallest absolute Gasteiger partial charge is 0.240 e. The number of fused-ring (bicyclic) bond motifs is 1. The highest BCUT2D eigenvalue weighted by Crippen LogP contribution is 2.27. The van der Waals surface area contributed by atoms with Crippen molar-refractivity contribution in [1.29, 1.82) is 0 Å². The number of carbonyl (C=O) groups excluding carboxylic acids is 1. The van der Waals surface area contributed by atoms with Crippen LogP contribution in [0.3, 0.4) is 0 Å². The van der Waals surface area contributed by atoms with Crippen LogP contribution in [0.25, 0.3) is 11.0 Å². The molecule has 6 nitrogen and oxygen atoms in total. The Hall–Kier alpha value is -3.02. The summed E-state index contributed by atoms with van der Waals surface area (Å²) in [4.78, 5) is 17.0. The average molecular weight is 367 g/mol. The minimum Gasteiger partial charge on any atom is -0.493 e. The zero-order chi connectivity index (χ0) is 19.2. The van der Waals surface area contributed by atoms with Gasteiger partial charge >= 0.3 is 0 Å². The van der Waals surface area contributed by atoms with E-state index in [1.165, 1.54) is 0 Å². The molecule has 0 fully saturated rings. The van der Waals surface area contributed by atoms with Gasteiger partial charge in [0.15, 0.2) is 11.5 Å². The van der Waals surface area contributed by atoms with Crippen molar-refractivity contribution >= 4 is 16.9 Å².